The van der Waals surface area contributed by atoms with Crippen LogP contribution in [0.3, 0.4) is 0 Å². The Morgan fingerprint density at radius 3 is 2.61 bits per heavy atom. The van der Waals surface area contributed by atoms with Crippen molar-refractivity contribution in [2.45, 2.75) is 50.0 Å². The molecular formula is C21H25ClF2N6O3. The zero-order chi connectivity index (χ0) is 23.5. The lowest BCUT2D eigenvalue weighted by Gasteiger charge is -2.40. The van der Waals surface area contributed by atoms with Gasteiger partial charge in [0.25, 0.3) is 0 Å². The molecule has 3 aliphatic heterocycles. The second kappa shape index (κ2) is 8.05. The number of hydrogen-bond donors (Lipinski definition) is 1. The number of halogens is 3. The van der Waals surface area contributed by atoms with E-state index in [-0.39, 0.29) is 35.4 Å². The lowest BCUT2D eigenvalue weighted by Crippen LogP contribution is -2.55. The molecule has 0 unspecified atom stereocenters. The molecule has 5 heterocycles. The molecule has 4 atom stereocenters. The highest BCUT2D eigenvalue weighted by molar-refractivity contribution is 6.30. The SMILES string of the molecule is CN1C[C@H](F)C[C@@]1(C)COc1nc(N2C[C@H]3CC[C@@H](C2)N3C(=O)O)c2cnc(Cl)c(F)c2n1. The van der Waals surface area contributed by atoms with Crippen LogP contribution in [0.1, 0.15) is 26.2 Å². The van der Waals surface area contributed by atoms with Gasteiger partial charge in [-0.1, -0.05) is 11.6 Å². The fraction of sp³-hybridized carbons (Fsp3) is 0.619. The molecule has 33 heavy (non-hydrogen) atoms. The van der Waals surface area contributed by atoms with Crippen molar-refractivity contribution in [3.05, 3.63) is 17.2 Å². The number of likely N-dealkylation sites (N-methyl/N-ethyl adjacent to an activating group) is 1. The maximum atomic E-state index is 14.9. The fourth-order valence-electron chi connectivity index (χ4n) is 5.30. The van der Waals surface area contributed by atoms with Crippen LogP contribution in [0.5, 0.6) is 6.01 Å². The van der Waals surface area contributed by atoms with Crippen LogP contribution >= 0.6 is 11.6 Å². The number of aromatic nitrogens is 3. The van der Waals surface area contributed by atoms with E-state index in [1.165, 1.54) is 11.1 Å². The first kappa shape index (κ1) is 22.3. The maximum Gasteiger partial charge on any atom is 0.407 e. The van der Waals surface area contributed by atoms with Gasteiger partial charge in [-0.05, 0) is 26.8 Å². The monoisotopic (exact) mass is 482 g/mol. The molecule has 0 saturated carbocycles. The van der Waals surface area contributed by atoms with Crippen LogP contribution < -0.4 is 9.64 Å². The molecule has 3 aliphatic rings. The van der Waals surface area contributed by atoms with Crippen molar-refractivity contribution in [2.75, 3.05) is 38.2 Å². The number of amides is 1. The van der Waals surface area contributed by atoms with Crippen molar-refractivity contribution < 1.29 is 23.4 Å². The van der Waals surface area contributed by atoms with Gasteiger partial charge in [0.2, 0.25) is 0 Å². The summed E-state index contributed by atoms with van der Waals surface area (Å²) in [5, 5.41) is 9.62. The smallest absolute Gasteiger partial charge is 0.407 e. The Labute approximate surface area is 194 Å². The van der Waals surface area contributed by atoms with Crippen LogP contribution in [0.25, 0.3) is 10.9 Å². The van der Waals surface area contributed by atoms with E-state index < -0.39 is 23.6 Å². The fourth-order valence-corrected chi connectivity index (χ4v) is 5.44. The highest BCUT2D eigenvalue weighted by Gasteiger charge is 2.44. The third-order valence-electron chi connectivity index (χ3n) is 7.17. The Hall–Kier alpha value is -2.53. The highest BCUT2D eigenvalue weighted by Crippen LogP contribution is 2.37. The van der Waals surface area contributed by atoms with Crippen molar-refractivity contribution in [3.63, 3.8) is 0 Å². The summed E-state index contributed by atoms with van der Waals surface area (Å²) in [6.07, 6.45) is 1.37. The number of likely N-dealkylation sites (tertiary alicyclic amines) is 1. The van der Waals surface area contributed by atoms with Crippen LogP contribution in [-0.4, -0.2) is 93.0 Å². The van der Waals surface area contributed by atoms with Gasteiger partial charge in [0.15, 0.2) is 11.0 Å². The van der Waals surface area contributed by atoms with Crippen molar-refractivity contribution in [2.24, 2.45) is 0 Å². The van der Waals surface area contributed by atoms with Gasteiger partial charge in [-0.15, -0.1) is 0 Å². The minimum atomic E-state index is -0.944. The van der Waals surface area contributed by atoms with Crippen molar-refractivity contribution in [1.82, 2.24) is 24.8 Å². The molecule has 0 aromatic carbocycles. The van der Waals surface area contributed by atoms with Crippen molar-refractivity contribution in [1.29, 1.82) is 0 Å². The van der Waals surface area contributed by atoms with Gasteiger partial charge in [0, 0.05) is 32.3 Å². The number of piperazine rings is 1. The molecule has 0 spiro atoms. The molecule has 1 amide bonds. The summed E-state index contributed by atoms with van der Waals surface area (Å²) in [5.74, 6) is -0.351. The standard InChI is InChI=1S/C21H25ClF2N6O3/c1-21(5-11(23)7-28(21)2)10-33-19-26-16-14(6-25-17(22)15(16)24)18(27-19)29-8-12-3-4-13(9-29)30(12)20(31)32/h6,11-13H,3-5,7-10H2,1-2H3,(H,31,32)/t11-,12-,13+,21+/m1/s1. The number of nitrogens with zero attached hydrogens (tertiary/aromatic N) is 6. The number of alkyl halides is 1. The van der Waals surface area contributed by atoms with Gasteiger partial charge in [-0.2, -0.15) is 9.97 Å². The van der Waals surface area contributed by atoms with E-state index in [1.54, 1.807) is 0 Å². The number of fused-ring (bicyclic) bond motifs is 3. The lowest BCUT2D eigenvalue weighted by molar-refractivity contribution is 0.107. The summed E-state index contributed by atoms with van der Waals surface area (Å²) in [6.45, 7) is 3.19. The van der Waals surface area contributed by atoms with E-state index in [2.05, 4.69) is 15.0 Å². The van der Waals surface area contributed by atoms with Crippen LogP contribution in [0.15, 0.2) is 6.20 Å². The molecule has 12 heteroatoms. The number of carboxylic acid groups (broad SMARTS) is 1. The third kappa shape index (κ3) is 3.80. The Morgan fingerprint density at radius 2 is 2.00 bits per heavy atom. The largest absolute Gasteiger partial charge is 0.465 e. The highest BCUT2D eigenvalue weighted by atomic mass is 35.5. The Balaban J connectivity index is 1.49. The summed E-state index contributed by atoms with van der Waals surface area (Å²) in [7, 11) is 1.83. The minimum absolute atomic E-state index is 0.0173. The van der Waals surface area contributed by atoms with Gasteiger partial charge in [0.05, 0.1) is 23.0 Å². The number of hydrogen-bond acceptors (Lipinski definition) is 7. The zero-order valence-corrected chi connectivity index (χ0v) is 19.1. The second-order valence-electron chi connectivity index (χ2n) is 9.40. The Bertz CT molecular complexity index is 1100. The summed E-state index contributed by atoms with van der Waals surface area (Å²) in [6, 6.07) is -0.384. The molecule has 9 nitrogen and oxygen atoms in total. The number of carbonyl (C=O) groups is 1. The van der Waals surface area contributed by atoms with E-state index in [9.17, 15) is 18.7 Å². The molecule has 5 rings (SSSR count). The second-order valence-corrected chi connectivity index (χ2v) is 9.76. The summed E-state index contributed by atoms with van der Waals surface area (Å²) < 4.78 is 34.7. The number of ether oxygens (including phenoxy) is 1. The third-order valence-corrected chi connectivity index (χ3v) is 7.43. The van der Waals surface area contributed by atoms with Crippen LogP contribution in [0.2, 0.25) is 5.15 Å². The molecular weight excluding hydrogens is 458 g/mol. The molecule has 0 aliphatic carbocycles. The predicted octanol–water partition coefficient (Wildman–Crippen LogP) is 2.96. The Kier molecular flexibility index (Phi) is 5.43. The normalized spacial score (nSPS) is 29.8. The molecule has 3 saturated heterocycles. The quantitative estimate of drug-likeness (QED) is 0.665. The number of pyridine rings is 1. The van der Waals surface area contributed by atoms with Gasteiger partial charge >= 0.3 is 12.1 Å². The van der Waals surface area contributed by atoms with Gasteiger partial charge in [-0.3, -0.25) is 9.80 Å². The summed E-state index contributed by atoms with van der Waals surface area (Å²) >= 11 is 5.91. The first-order valence-electron chi connectivity index (χ1n) is 10.9. The van der Waals surface area contributed by atoms with Gasteiger partial charge in [-0.25, -0.2) is 18.6 Å². The van der Waals surface area contributed by atoms with E-state index in [4.69, 9.17) is 16.3 Å². The number of rotatable bonds is 4. The molecule has 3 fully saturated rings. The average molecular weight is 483 g/mol. The van der Waals surface area contributed by atoms with Crippen LogP contribution in [0, 0.1) is 5.82 Å². The van der Waals surface area contributed by atoms with E-state index in [0.29, 0.717) is 37.3 Å². The van der Waals surface area contributed by atoms with E-state index in [1.807, 2.05) is 23.8 Å². The molecule has 2 aromatic rings. The zero-order valence-electron chi connectivity index (χ0n) is 18.3. The first-order valence-corrected chi connectivity index (χ1v) is 11.3. The predicted molar refractivity (Wildman–Crippen MR) is 117 cm³/mol. The number of anilines is 1. The van der Waals surface area contributed by atoms with E-state index in [0.717, 1.165) is 12.8 Å². The van der Waals surface area contributed by atoms with E-state index >= 15 is 0 Å². The molecule has 0 radical (unpaired) electrons. The van der Waals surface area contributed by atoms with Crippen molar-refractivity contribution in [3.8, 4) is 6.01 Å². The van der Waals surface area contributed by atoms with Gasteiger partial charge in [0.1, 0.15) is 24.1 Å². The van der Waals surface area contributed by atoms with Crippen LogP contribution in [-0.2, 0) is 0 Å². The summed E-state index contributed by atoms with van der Waals surface area (Å²) in [5.41, 5.74) is -0.560. The topological polar surface area (TPSA) is 94.9 Å². The Morgan fingerprint density at radius 1 is 1.30 bits per heavy atom. The summed E-state index contributed by atoms with van der Waals surface area (Å²) in [4.78, 5) is 29.7. The van der Waals surface area contributed by atoms with Gasteiger partial charge < -0.3 is 14.7 Å². The molecule has 2 bridgehead atoms. The lowest BCUT2D eigenvalue weighted by atomic mass is 10.0. The first-order chi connectivity index (χ1) is 15.7. The minimum Gasteiger partial charge on any atom is -0.465 e. The van der Waals surface area contributed by atoms with Crippen LogP contribution in [0.4, 0.5) is 19.4 Å². The average Bonchev–Trinajstić information content (AvgIpc) is 3.19. The van der Waals surface area contributed by atoms with Crippen molar-refractivity contribution >= 4 is 34.4 Å². The maximum absolute atomic E-state index is 14.9. The molecule has 178 valence electrons. The molecule has 1 N–H and O–H groups in total. The molecule has 2 aromatic heterocycles.